The number of carbonyl (C=O) groups excluding carboxylic acids is 1. The highest BCUT2D eigenvalue weighted by atomic mass is 32.1. The second kappa shape index (κ2) is 7.36. The molecule has 2 N–H and O–H groups in total. The molecular weight excluding hydrogens is 320 g/mol. The Morgan fingerprint density at radius 1 is 1.25 bits per heavy atom. The number of anilines is 1. The quantitative estimate of drug-likeness (QED) is 0.876. The van der Waals surface area contributed by atoms with Crippen LogP contribution >= 0.6 is 11.3 Å². The van der Waals surface area contributed by atoms with Crippen LogP contribution < -0.4 is 10.2 Å². The van der Waals surface area contributed by atoms with Gasteiger partial charge in [-0.15, -0.1) is 11.3 Å². The van der Waals surface area contributed by atoms with Gasteiger partial charge in [0.1, 0.15) is 0 Å². The highest BCUT2D eigenvalue weighted by Gasteiger charge is 2.28. The topological polar surface area (TPSA) is 52.6 Å². The van der Waals surface area contributed by atoms with Gasteiger partial charge in [-0.25, -0.2) is 0 Å². The van der Waals surface area contributed by atoms with Crippen LogP contribution in [-0.4, -0.2) is 30.1 Å². The molecule has 1 unspecified atom stereocenters. The van der Waals surface area contributed by atoms with Gasteiger partial charge in [-0.1, -0.05) is 30.3 Å². The van der Waals surface area contributed by atoms with Crippen molar-refractivity contribution in [2.24, 2.45) is 0 Å². The Balaban J connectivity index is 1.49. The number of hydrogen-bond acceptors (Lipinski definition) is 4. The molecule has 0 radical (unpaired) electrons. The molecule has 2 heterocycles. The lowest BCUT2D eigenvalue weighted by Gasteiger charge is -2.33. The molecule has 0 bridgehead atoms. The van der Waals surface area contributed by atoms with Crippen molar-refractivity contribution in [2.45, 2.75) is 37.8 Å². The zero-order chi connectivity index (χ0) is 17.0. The maximum Gasteiger partial charge on any atom is 0.223 e. The molecule has 4 nitrogen and oxygen atoms in total. The van der Waals surface area contributed by atoms with Crippen molar-refractivity contribution < 1.29 is 9.90 Å². The van der Waals surface area contributed by atoms with Crippen molar-refractivity contribution in [3.05, 3.63) is 53.4 Å². The molecule has 0 saturated carbocycles. The second-order valence-corrected chi connectivity index (χ2v) is 7.52. The molecule has 2 aromatic rings. The molecule has 1 aromatic carbocycles. The number of piperidine rings is 1. The van der Waals surface area contributed by atoms with Crippen LogP contribution in [0.2, 0.25) is 0 Å². The molecule has 1 aromatic heterocycles. The summed E-state index contributed by atoms with van der Waals surface area (Å²) in [5, 5.41) is 17.1. The SMILES string of the molecule is CC(O)(CC(=O)NC1CCN(c2cccs2)CC1)c1ccccc1. The van der Waals surface area contributed by atoms with E-state index in [1.54, 1.807) is 18.3 Å². The fourth-order valence-electron chi connectivity index (χ4n) is 3.18. The van der Waals surface area contributed by atoms with Gasteiger partial charge in [0.2, 0.25) is 5.91 Å². The number of rotatable bonds is 5. The van der Waals surface area contributed by atoms with E-state index in [-0.39, 0.29) is 18.4 Å². The minimum absolute atomic E-state index is 0.0848. The fourth-order valence-corrected chi connectivity index (χ4v) is 3.97. The van der Waals surface area contributed by atoms with Crippen molar-refractivity contribution in [1.82, 2.24) is 5.32 Å². The number of nitrogens with zero attached hydrogens (tertiary/aromatic N) is 1. The molecule has 0 spiro atoms. The zero-order valence-corrected chi connectivity index (χ0v) is 14.8. The maximum absolute atomic E-state index is 12.3. The molecule has 1 fully saturated rings. The van der Waals surface area contributed by atoms with Gasteiger partial charge in [0, 0.05) is 19.1 Å². The lowest BCUT2D eigenvalue weighted by molar-refractivity contribution is -0.126. The fraction of sp³-hybridized carbons (Fsp3) is 0.421. The van der Waals surface area contributed by atoms with Gasteiger partial charge in [-0.2, -0.15) is 0 Å². The van der Waals surface area contributed by atoms with Gasteiger partial charge in [0.05, 0.1) is 17.0 Å². The lowest BCUT2D eigenvalue weighted by Crippen LogP contribution is -2.45. The molecule has 24 heavy (non-hydrogen) atoms. The van der Waals surface area contributed by atoms with Crippen LogP contribution in [0, 0.1) is 0 Å². The van der Waals surface area contributed by atoms with E-state index in [2.05, 4.69) is 27.7 Å². The van der Waals surface area contributed by atoms with Crippen LogP contribution in [0.5, 0.6) is 0 Å². The number of amides is 1. The standard InChI is InChI=1S/C19H24N2O2S/c1-19(23,15-6-3-2-4-7-15)14-17(22)20-16-9-11-21(12-10-16)18-8-5-13-24-18/h2-8,13,16,23H,9-12,14H2,1H3,(H,20,22). The van der Waals surface area contributed by atoms with Gasteiger partial charge in [0.15, 0.2) is 0 Å². The Hall–Kier alpha value is -1.85. The third-order valence-corrected chi connectivity index (χ3v) is 5.51. The maximum atomic E-state index is 12.3. The molecular formula is C19H24N2O2S. The molecule has 1 aliphatic rings. The molecule has 128 valence electrons. The van der Waals surface area contributed by atoms with Crippen molar-refractivity contribution in [3.63, 3.8) is 0 Å². The Morgan fingerprint density at radius 3 is 2.58 bits per heavy atom. The monoisotopic (exact) mass is 344 g/mol. The summed E-state index contributed by atoms with van der Waals surface area (Å²) in [6, 6.07) is 13.8. The van der Waals surface area contributed by atoms with Crippen LogP contribution in [-0.2, 0) is 10.4 Å². The van der Waals surface area contributed by atoms with Crippen molar-refractivity contribution in [1.29, 1.82) is 0 Å². The van der Waals surface area contributed by atoms with E-state index in [1.807, 2.05) is 30.3 Å². The predicted octanol–water partition coefficient (Wildman–Crippen LogP) is 3.13. The second-order valence-electron chi connectivity index (χ2n) is 6.60. The van der Waals surface area contributed by atoms with Gasteiger partial charge in [-0.05, 0) is 42.8 Å². The number of carbonyl (C=O) groups is 1. The molecule has 0 aliphatic carbocycles. The first-order valence-electron chi connectivity index (χ1n) is 8.40. The van der Waals surface area contributed by atoms with E-state index in [1.165, 1.54) is 5.00 Å². The van der Waals surface area contributed by atoms with Crippen LogP contribution in [0.1, 0.15) is 31.7 Å². The third-order valence-electron chi connectivity index (χ3n) is 4.58. The largest absolute Gasteiger partial charge is 0.385 e. The summed E-state index contributed by atoms with van der Waals surface area (Å²) in [5.74, 6) is -0.0848. The van der Waals surface area contributed by atoms with E-state index >= 15 is 0 Å². The van der Waals surface area contributed by atoms with E-state index in [0.29, 0.717) is 0 Å². The van der Waals surface area contributed by atoms with E-state index < -0.39 is 5.60 Å². The number of benzene rings is 1. The number of thiophene rings is 1. The van der Waals surface area contributed by atoms with Crippen LogP contribution in [0.4, 0.5) is 5.00 Å². The molecule has 1 atom stereocenters. The molecule has 3 rings (SSSR count). The highest BCUT2D eigenvalue weighted by molar-refractivity contribution is 7.14. The zero-order valence-electron chi connectivity index (χ0n) is 13.9. The van der Waals surface area contributed by atoms with Gasteiger partial charge in [0.25, 0.3) is 0 Å². The number of hydrogen-bond donors (Lipinski definition) is 2. The summed E-state index contributed by atoms with van der Waals surface area (Å²) in [4.78, 5) is 14.7. The Morgan fingerprint density at radius 2 is 1.96 bits per heavy atom. The van der Waals surface area contributed by atoms with E-state index in [4.69, 9.17) is 0 Å². The lowest BCUT2D eigenvalue weighted by atomic mass is 9.92. The van der Waals surface area contributed by atoms with Gasteiger partial charge in [-0.3, -0.25) is 4.79 Å². The van der Waals surface area contributed by atoms with Gasteiger partial charge >= 0.3 is 0 Å². The van der Waals surface area contributed by atoms with Crippen molar-refractivity contribution in [3.8, 4) is 0 Å². The minimum Gasteiger partial charge on any atom is -0.385 e. The van der Waals surface area contributed by atoms with Crippen molar-refractivity contribution >= 4 is 22.2 Å². The minimum atomic E-state index is -1.14. The smallest absolute Gasteiger partial charge is 0.223 e. The molecule has 1 aliphatic heterocycles. The Labute approximate surface area is 147 Å². The summed E-state index contributed by atoms with van der Waals surface area (Å²) in [6.45, 7) is 3.61. The average molecular weight is 344 g/mol. The summed E-state index contributed by atoms with van der Waals surface area (Å²) in [5.41, 5.74) is -0.365. The first-order chi connectivity index (χ1) is 11.5. The number of aliphatic hydroxyl groups is 1. The molecule has 1 saturated heterocycles. The summed E-state index contributed by atoms with van der Waals surface area (Å²) < 4.78 is 0. The summed E-state index contributed by atoms with van der Waals surface area (Å²) >= 11 is 1.76. The Kier molecular flexibility index (Phi) is 5.21. The average Bonchev–Trinajstić information content (AvgIpc) is 3.10. The predicted molar refractivity (Wildman–Crippen MR) is 98.3 cm³/mol. The van der Waals surface area contributed by atoms with Crippen LogP contribution in [0.25, 0.3) is 0 Å². The third kappa shape index (κ3) is 4.16. The first kappa shape index (κ1) is 17.0. The van der Waals surface area contributed by atoms with Gasteiger partial charge < -0.3 is 15.3 Å². The normalized spacial score (nSPS) is 18.2. The number of nitrogens with one attached hydrogen (secondary N) is 1. The van der Waals surface area contributed by atoms with Crippen molar-refractivity contribution in [2.75, 3.05) is 18.0 Å². The Bertz CT molecular complexity index is 647. The summed E-state index contributed by atoms with van der Waals surface area (Å²) in [7, 11) is 0. The highest BCUT2D eigenvalue weighted by Crippen LogP contribution is 2.26. The van der Waals surface area contributed by atoms with E-state index in [0.717, 1.165) is 31.5 Å². The first-order valence-corrected chi connectivity index (χ1v) is 9.28. The molecule has 5 heteroatoms. The van der Waals surface area contributed by atoms with E-state index in [9.17, 15) is 9.90 Å². The van der Waals surface area contributed by atoms with Crippen LogP contribution in [0.3, 0.4) is 0 Å². The summed E-state index contributed by atoms with van der Waals surface area (Å²) in [6.07, 6.45) is 1.97. The molecule has 1 amide bonds. The van der Waals surface area contributed by atoms with Crippen LogP contribution in [0.15, 0.2) is 47.8 Å².